The first kappa shape index (κ1) is 10.5. The zero-order valence-electron chi connectivity index (χ0n) is 8.77. The van der Waals surface area contributed by atoms with Gasteiger partial charge in [-0.15, -0.1) is 0 Å². The lowest BCUT2D eigenvalue weighted by atomic mass is 10.0. The molecule has 16 heavy (non-hydrogen) atoms. The van der Waals surface area contributed by atoms with E-state index in [2.05, 4.69) is 4.98 Å². The average Bonchev–Trinajstić information content (AvgIpc) is 2.29. The van der Waals surface area contributed by atoms with Crippen molar-refractivity contribution in [2.24, 2.45) is 0 Å². The molecule has 0 atom stereocenters. The largest absolute Gasteiger partial charge is 0.289 e. The molecule has 2 nitrogen and oxygen atoms in total. The van der Waals surface area contributed by atoms with Crippen LogP contribution in [0.5, 0.6) is 0 Å². The molecule has 0 aliphatic heterocycles. The zero-order chi connectivity index (χ0) is 11.5. The van der Waals surface area contributed by atoms with E-state index in [0.717, 1.165) is 0 Å². The highest BCUT2D eigenvalue weighted by molar-refractivity contribution is 6.09. The van der Waals surface area contributed by atoms with Crippen molar-refractivity contribution >= 4 is 5.78 Å². The molecule has 0 N–H and O–H groups in total. The van der Waals surface area contributed by atoms with Crippen molar-refractivity contribution < 1.29 is 9.18 Å². The highest BCUT2D eigenvalue weighted by atomic mass is 19.1. The Morgan fingerprint density at radius 3 is 2.75 bits per heavy atom. The van der Waals surface area contributed by atoms with E-state index in [1.165, 1.54) is 18.2 Å². The van der Waals surface area contributed by atoms with Crippen molar-refractivity contribution in [2.75, 3.05) is 0 Å². The van der Waals surface area contributed by atoms with Crippen molar-refractivity contribution in [1.29, 1.82) is 0 Å². The number of benzene rings is 1. The number of carbonyl (C=O) groups is 1. The number of pyridine rings is 1. The summed E-state index contributed by atoms with van der Waals surface area (Å²) >= 11 is 0. The van der Waals surface area contributed by atoms with Gasteiger partial charge in [-0.25, -0.2) is 4.39 Å². The van der Waals surface area contributed by atoms with E-state index in [1.807, 2.05) is 0 Å². The summed E-state index contributed by atoms with van der Waals surface area (Å²) in [6.07, 6.45) is 1.62. The Labute approximate surface area is 92.8 Å². The first-order valence-electron chi connectivity index (χ1n) is 4.90. The number of aromatic nitrogens is 1. The van der Waals surface area contributed by atoms with Crippen LogP contribution in [0.25, 0.3) is 0 Å². The highest BCUT2D eigenvalue weighted by Gasteiger charge is 2.12. The van der Waals surface area contributed by atoms with Gasteiger partial charge >= 0.3 is 0 Å². The minimum atomic E-state index is -0.410. The lowest BCUT2D eigenvalue weighted by molar-refractivity contribution is 0.103. The molecule has 80 valence electrons. The van der Waals surface area contributed by atoms with E-state index in [9.17, 15) is 9.18 Å². The molecule has 0 amide bonds. The second-order valence-corrected chi connectivity index (χ2v) is 3.48. The Kier molecular flexibility index (Phi) is 2.77. The van der Waals surface area contributed by atoms with Gasteiger partial charge in [-0.3, -0.25) is 9.78 Å². The third-order valence-electron chi connectivity index (χ3n) is 2.34. The summed E-state index contributed by atoms with van der Waals surface area (Å²) < 4.78 is 13.0. The average molecular weight is 215 g/mol. The topological polar surface area (TPSA) is 30.0 Å². The number of rotatable bonds is 2. The van der Waals surface area contributed by atoms with E-state index in [0.29, 0.717) is 16.8 Å². The van der Waals surface area contributed by atoms with Crippen LogP contribution < -0.4 is 0 Å². The summed E-state index contributed by atoms with van der Waals surface area (Å²) in [5.74, 6) is -0.613. The summed E-state index contributed by atoms with van der Waals surface area (Å²) in [6, 6.07) is 9.04. The molecule has 0 aliphatic carbocycles. The minimum Gasteiger partial charge on any atom is -0.289 e. The number of nitrogens with zero attached hydrogens (tertiary/aromatic N) is 1. The number of halogens is 1. The molecule has 2 aromatic rings. The number of hydrogen-bond donors (Lipinski definition) is 0. The van der Waals surface area contributed by atoms with Gasteiger partial charge in [0.2, 0.25) is 0 Å². The Hall–Kier alpha value is -2.03. The van der Waals surface area contributed by atoms with E-state index >= 15 is 0 Å². The summed E-state index contributed by atoms with van der Waals surface area (Å²) in [5, 5.41) is 0. The van der Waals surface area contributed by atoms with Crippen molar-refractivity contribution in [3.8, 4) is 0 Å². The fourth-order valence-electron chi connectivity index (χ4n) is 1.51. The van der Waals surface area contributed by atoms with Crippen LogP contribution in [0.2, 0.25) is 0 Å². The molecular formula is C13H10FNO. The van der Waals surface area contributed by atoms with Crippen molar-refractivity contribution in [3.05, 3.63) is 65.2 Å². The fraction of sp³-hybridized carbons (Fsp3) is 0.0769. The molecule has 0 saturated heterocycles. The van der Waals surface area contributed by atoms with Gasteiger partial charge in [0, 0.05) is 23.0 Å². The maximum absolute atomic E-state index is 13.0. The first-order valence-corrected chi connectivity index (χ1v) is 4.90. The quantitative estimate of drug-likeness (QED) is 0.721. The lowest BCUT2D eigenvalue weighted by Crippen LogP contribution is -2.04. The smallest absolute Gasteiger partial charge is 0.194 e. The molecule has 1 heterocycles. The van der Waals surface area contributed by atoms with E-state index in [4.69, 9.17) is 0 Å². The fourth-order valence-corrected chi connectivity index (χ4v) is 1.51. The summed E-state index contributed by atoms with van der Waals surface area (Å²) in [5.41, 5.74) is 1.50. The first-order chi connectivity index (χ1) is 7.68. The van der Waals surface area contributed by atoms with Gasteiger partial charge in [0.15, 0.2) is 5.78 Å². The number of aryl methyl sites for hydroxylation is 1. The molecule has 0 fully saturated rings. The van der Waals surface area contributed by atoms with Crippen LogP contribution >= 0.6 is 0 Å². The predicted octanol–water partition coefficient (Wildman–Crippen LogP) is 2.76. The number of ketones is 1. The second-order valence-electron chi connectivity index (χ2n) is 3.48. The molecule has 1 aromatic carbocycles. The molecule has 2 rings (SSSR count). The maximum Gasteiger partial charge on any atom is 0.194 e. The predicted molar refractivity (Wildman–Crippen MR) is 58.8 cm³/mol. The van der Waals surface area contributed by atoms with Crippen LogP contribution in [0.15, 0.2) is 42.6 Å². The Bertz CT molecular complexity index is 537. The molecule has 3 heteroatoms. The third-order valence-corrected chi connectivity index (χ3v) is 2.34. The monoisotopic (exact) mass is 215 g/mol. The highest BCUT2D eigenvalue weighted by Crippen LogP contribution is 2.12. The Morgan fingerprint density at radius 1 is 1.25 bits per heavy atom. The summed E-state index contributed by atoms with van der Waals surface area (Å²) in [6.45, 7) is 1.76. The van der Waals surface area contributed by atoms with Crippen LogP contribution in [0.1, 0.15) is 21.6 Å². The van der Waals surface area contributed by atoms with Crippen LogP contribution in [-0.4, -0.2) is 10.8 Å². The van der Waals surface area contributed by atoms with Gasteiger partial charge in [0.25, 0.3) is 0 Å². The lowest BCUT2D eigenvalue weighted by Gasteiger charge is -2.03. The van der Waals surface area contributed by atoms with Gasteiger partial charge in [-0.05, 0) is 31.2 Å². The minimum absolute atomic E-state index is 0.204. The van der Waals surface area contributed by atoms with Crippen molar-refractivity contribution in [2.45, 2.75) is 6.92 Å². The molecule has 1 aromatic heterocycles. The van der Waals surface area contributed by atoms with Gasteiger partial charge in [-0.2, -0.15) is 0 Å². The summed E-state index contributed by atoms with van der Waals surface area (Å²) in [7, 11) is 0. The molecule has 0 saturated carbocycles. The Morgan fingerprint density at radius 2 is 2.06 bits per heavy atom. The van der Waals surface area contributed by atoms with Crippen LogP contribution in [0.3, 0.4) is 0 Å². The number of hydrogen-bond acceptors (Lipinski definition) is 2. The molecule has 0 aliphatic rings. The van der Waals surface area contributed by atoms with Gasteiger partial charge in [-0.1, -0.05) is 12.1 Å². The molecule has 0 radical (unpaired) electrons. The molecule has 0 spiro atoms. The SMILES string of the molecule is Cc1ncccc1C(=O)c1cccc(F)c1. The van der Waals surface area contributed by atoms with Gasteiger partial charge in [0.05, 0.1) is 0 Å². The van der Waals surface area contributed by atoms with Crippen molar-refractivity contribution in [1.82, 2.24) is 4.98 Å². The second kappa shape index (κ2) is 4.23. The van der Waals surface area contributed by atoms with E-state index < -0.39 is 5.82 Å². The normalized spacial score (nSPS) is 10.1. The standard InChI is InChI=1S/C13H10FNO/c1-9-12(6-3-7-15-9)13(16)10-4-2-5-11(14)8-10/h2-8H,1H3. The van der Waals surface area contributed by atoms with Crippen molar-refractivity contribution in [3.63, 3.8) is 0 Å². The third kappa shape index (κ3) is 1.98. The molecule has 0 bridgehead atoms. The van der Waals surface area contributed by atoms with E-state index in [-0.39, 0.29) is 5.78 Å². The molecular weight excluding hydrogens is 205 g/mol. The van der Waals surface area contributed by atoms with Crippen LogP contribution in [-0.2, 0) is 0 Å². The van der Waals surface area contributed by atoms with E-state index in [1.54, 1.807) is 31.3 Å². The number of carbonyl (C=O) groups excluding carboxylic acids is 1. The summed E-state index contributed by atoms with van der Waals surface area (Å²) in [4.78, 5) is 16.0. The van der Waals surface area contributed by atoms with Gasteiger partial charge in [0.1, 0.15) is 5.82 Å². The van der Waals surface area contributed by atoms with Crippen LogP contribution in [0.4, 0.5) is 4.39 Å². The molecule has 0 unspecified atom stereocenters. The van der Waals surface area contributed by atoms with Crippen LogP contribution in [0, 0.1) is 12.7 Å². The maximum atomic E-state index is 13.0. The van der Waals surface area contributed by atoms with Gasteiger partial charge < -0.3 is 0 Å². The zero-order valence-corrected chi connectivity index (χ0v) is 8.77. The Balaban J connectivity index is 2.44.